The molecule has 0 bridgehead atoms. The quantitative estimate of drug-likeness (QED) is 0.794. The number of morpholine rings is 1. The molecule has 0 aliphatic carbocycles. The number of hydrogen-bond acceptors (Lipinski definition) is 3. The normalized spacial score (nSPS) is 18.0. The molecule has 4 nitrogen and oxygen atoms in total. The summed E-state index contributed by atoms with van der Waals surface area (Å²) in [5.41, 5.74) is 2.74. The highest BCUT2D eigenvalue weighted by Gasteiger charge is 2.24. The number of nitrogens with zero attached hydrogens (tertiary/aromatic N) is 2. The van der Waals surface area contributed by atoms with Gasteiger partial charge in [0, 0.05) is 25.7 Å². The zero-order chi connectivity index (χ0) is 17.4. The van der Waals surface area contributed by atoms with Gasteiger partial charge in [0.15, 0.2) is 0 Å². The second-order valence-corrected chi connectivity index (χ2v) is 6.34. The highest BCUT2D eigenvalue weighted by Crippen LogP contribution is 2.30. The first-order chi connectivity index (χ1) is 12.1. The Hall–Kier alpha value is -2.31. The van der Waals surface area contributed by atoms with Crippen LogP contribution in [-0.2, 0) is 11.2 Å². The molecule has 25 heavy (non-hydrogen) atoms. The molecular weight excluding hydrogens is 324 g/mol. The van der Waals surface area contributed by atoms with Gasteiger partial charge < -0.3 is 14.5 Å². The number of hydrogen-bond donors (Lipinski definition) is 1. The smallest absolute Gasteiger partial charge is 0.137 e. The highest BCUT2D eigenvalue weighted by atomic mass is 19.1. The Labute approximate surface area is 144 Å². The first kappa shape index (κ1) is 16.2. The maximum atomic E-state index is 14.4. The predicted molar refractivity (Wildman–Crippen MR) is 91.6 cm³/mol. The summed E-state index contributed by atoms with van der Waals surface area (Å²) < 4.78 is 36.4. The van der Waals surface area contributed by atoms with Crippen molar-refractivity contribution in [1.82, 2.24) is 14.7 Å². The molecule has 6 heteroatoms. The van der Waals surface area contributed by atoms with Crippen LogP contribution in [0, 0.1) is 18.6 Å². The van der Waals surface area contributed by atoms with Crippen LogP contribution in [0.15, 0.2) is 36.5 Å². The van der Waals surface area contributed by atoms with Crippen LogP contribution in [0.3, 0.4) is 0 Å². The number of aromatic nitrogens is 2. The zero-order valence-electron chi connectivity index (χ0n) is 13.9. The van der Waals surface area contributed by atoms with E-state index in [1.807, 2.05) is 29.7 Å². The lowest BCUT2D eigenvalue weighted by Gasteiger charge is -2.23. The molecule has 0 radical (unpaired) electrons. The standard InChI is InChI=1S/C19H19F2N3O/c1-12-5-7-24-16(10-13-11-22-6-8-25-13)19(23-17(24)9-12)18-14(20)3-2-4-15(18)21/h2-5,7,9,13,22H,6,8,10-11H2,1H3/t13-/m0/s1. The number of imidazole rings is 1. The van der Waals surface area contributed by atoms with Gasteiger partial charge in [0.1, 0.15) is 17.3 Å². The van der Waals surface area contributed by atoms with Gasteiger partial charge in [-0.2, -0.15) is 0 Å². The Morgan fingerprint density at radius 2 is 2.08 bits per heavy atom. The van der Waals surface area contributed by atoms with Gasteiger partial charge in [-0.1, -0.05) is 6.07 Å². The number of rotatable bonds is 3. The van der Waals surface area contributed by atoms with E-state index in [-0.39, 0.29) is 11.7 Å². The SMILES string of the molecule is Cc1ccn2c(C[C@H]3CNCCO3)c(-c3c(F)cccc3F)nc2c1. The topological polar surface area (TPSA) is 38.6 Å². The number of halogens is 2. The zero-order valence-corrected chi connectivity index (χ0v) is 13.9. The van der Waals surface area contributed by atoms with Crippen LogP contribution in [-0.4, -0.2) is 35.2 Å². The van der Waals surface area contributed by atoms with Gasteiger partial charge >= 0.3 is 0 Å². The van der Waals surface area contributed by atoms with Gasteiger partial charge in [0.2, 0.25) is 0 Å². The molecule has 1 saturated heterocycles. The van der Waals surface area contributed by atoms with Crippen LogP contribution in [0.2, 0.25) is 0 Å². The van der Waals surface area contributed by atoms with Gasteiger partial charge in [-0.3, -0.25) is 0 Å². The van der Waals surface area contributed by atoms with E-state index in [0.29, 0.717) is 30.9 Å². The second kappa shape index (κ2) is 6.54. The van der Waals surface area contributed by atoms with Crippen LogP contribution in [0.5, 0.6) is 0 Å². The molecule has 0 saturated carbocycles. The Morgan fingerprint density at radius 1 is 1.28 bits per heavy atom. The summed E-state index contributed by atoms with van der Waals surface area (Å²) in [6.45, 7) is 4.12. The van der Waals surface area contributed by atoms with Crippen molar-refractivity contribution in [3.63, 3.8) is 0 Å². The Kier molecular flexibility index (Phi) is 4.23. The van der Waals surface area contributed by atoms with E-state index in [9.17, 15) is 8.78 Å². The number of fused-ring (bicyclic) bond motifs is 1. The maximum absolute atomic E-state index is 14.4. The van der Waals surface area contributed by atoms with Crippen molar-refractivity contribution in [2.75, 3.05) is 19.7 Å². The largest absolute Gasteiger partial charge is 0.375 e. The number of aryl methyl sites for hydroxylation is 1. The van der Waals surface area contributed by atoms with E-state index in [1.165, 1.54) is 18.2 Å². The van der Waals surface area contributed by atoms with Crippen LogP contribution < -0.4 is 5.32 Å². The van der Waals surface area contributed by atoms with Crippen molar-refractivity contribution in [2.24, 2.45) is 0 Å². The second-order valence-electron chi connectivity index (χ2n) is 6.34. The molecule has 130 valence electrons. The van der Waals surface area contributed by atoms with E-state index in [2.05, 4.69) is 10.3 Å². The summed E-state index contributed by atoms with van der Waals surface area (Å²) in [4.78, 5) is 4.54. The van der Waals surface area contributed by atoms with Gasteiger partial charge in [-0.25, -0.2) is 13.8 Å². The molecule has 3 aromatic rings. The maximum Gasteiger partial charge on any atom is 0.137 e. The molecule has 1 N–H and O–H groups in total. The van der Waals surface area contributed by atoms with E-state index in [1.54, 1.807) is 0 Å². The highest BCUT2D eigenvalue weighted by molar-refractivity contribution is 5.68. The number of benzene rings is 1. The third kappa shape index (κ3) is 3.03. The fraction of sp³-hybridized carbons (Fsp3) is 0.316. The number of nitrogens with one attached hydrogen (secondary N) is 1. The lowest BCUT2D eigenvalue weighted by atomic mass is 10.0. The van der Waals surface area contributed by atoms with E-state index in [4.69, 9.17) is 4.74 Å². The van der Waals surface area contributed by atoms with Crippen molar-refractivity contribution < 1.29 is 13.5 Å². The minimum Gasteiger partial charge on any atom is -0.375 e. The van der Waals surface area contributed by atoms with E-state index < -0.39 is 11.6 Å². The lowest BCUT2D eigenvalue weighted by molar-refractivity contribution is 0.0286. The van der Waals surface area contributed by atoms with E-state index >= 15 is 0 Å². The molecule has 4 rings (SSSR count). The number of pyridine rings is 1. The van der Waals surface area contributed by atoms with Gasteiger partial charge in [-0.15, -0.1) is 0 Å². The lowest BCUT2D eigenvalue weighted by Crippen LogP contribution is -2.39. The van der Waals surface area contributed by atoms with Crippen LogP contribution in [0.25, 0.3) is 16.9 Å². The van der Waals surface area contributed by atoms with Crippen molar-refractivity contribution >= 4 is 5.65 Å². The summed E-state index contributed by atoms with van der Waals surface area (Å²) in [5, 5.41) is 3.28. The molecule has 1 aliphatic rings. The summed E-state index contributed by atoms with van der Waals surface area (Å²) in [6.07, 6.45) is 2.37. The third-order valence-electron chi connectivity index (χ3n) is 4.51. The van der Waals surface area contributed by atoms with Gasteiger partial charge in [0.25, 0.3) is 0 Å². The summed E-state index contributed by atoms with van der Waals surface area (Å²) >= 11 is 0. The average Bonchev–Trinajstić information content (AvgIpc) is 2.93. The molecule has 0 amide bonds. The summed E-state index contributed by atoms with van der Waals surface area (Å²) in [6, 6.07) is 7.75. The first-order valence-corrected chi connectivity index (χ1v) is 8.38. The Morgan fingerprint density at radius 3 is 2.80 bits per heavy atom. The monoisotopic (exact) mass is 343 g/mol. The predicted octanol–water partition coefficient (Wildman–Crippen LogP) is 3.12. The van der Waals surface area contributed by atoms with Crippen LogP contribution >= 0.6 is 0 Å². The molecule has 0 unspecified atom stereocenters. The Bertz CT molecular complexity index is 896. The van der Waals surface area contributed by atoms with Gasteiger partial charge in [-0.05, 0) is 36.8 Å². The minimum atomic E-state index is -0.607. The van der Waals surface area contributed by atoms with Crippen molar-refractivity contribution in [2.45, 2.75) is 19.4 Å². The molecule has 3 heterocycles. The third-order valence-corrected chi connectivity index (χ3v) is 4.51. The van der Waals surface area contributed by atoms with Crippen molar-refractivity contribution in [3.8, 4) is 11.3 Å². The molecule has 1 aromatic carbocycles. The molecule has 2 aromatic heterocycles. The molecule has 1 aliphatic heterocycles. The molecule has 1 fully saturated rings. The van der Waals surface area contributed by atoms with Crippen LogP contribution in [0.1, 0.15) is 11.3 Å². The summed E-state index contributed by atoms with van der Waals surface area (Å²) in [7, 11) is 0. The molecule has 1 atom stereocenters. The minimum absolute atomic E-state index is 0.0523. The van der Waals surface area contributed by atoms with E-state index in [0.717, 1.165) is 17.8 Å². The van der Waals surface area contributed by atoms with Crippen LogP contribution in [0.4, 0.5) is 8.78 Å². The molecule has 0 spiro atoms. The van der Waals surface area contributed by atoms with Gasteiger partial charge in [0.05, 0.1) is 29.7 Å². The summed E-state index contributed by atoms with van der Waals surface area (Å²) in [5.74, 6) is -1.21. The number of ether oxygens (including phenoxy) is 1. The fourth-order valence-electron chi connectivity index (χ4n) is 3.28. The van der Waals surface area contributed by atoms with Crippen molar-refractivity contribution in [3.05, 3.63) is 59.4 Å². The Balaban J connectivity index is 1.88. The first-order valence-electron chi connectivity index (χ1n) is 8.38. The van der Waals surface area contributed by atoms with Crippen molar-refractivity contribution in [1.29, 1.82) is 0 Å². The average molecular weight is 343 g/mol. The fourth-order valence-corrected chi connectivity index (χ4v) is 3.28. The molecular formula is C19H19F2N3O.